The lowest BCUT2D eigenvalue weighted by Crippen LogP contribution is -2.38. The molecule has 6 nitrogen and oxygen atoms in total. The fourth-order valence-corrected chi connectivity index (χ4v) is 5.53. The van der Waals surface area contributed by atoms with E-state index in [2.05, 4.69) is 27.6 Å². The Balaban J connectivity index is 1.29. The Morgan fingerprint density at radius 2 is 1.96 bits per heavy atom. The van der Waals surface area contributed by atoms with Gasteiger partial charge in [0.1, 0.15) is 5.01 Å². The first kappa shape index (κ1) is 19.4. The predicted molar refractivity (Wildman–Crippen MR) is 111 cm³/mol. The lowest BCUT2D eigenvalue weighted by atomic mass is 9.94. The van der Waals surface area contributed by atoms with Crippen molar-refractivity contribution in [2.45, 2.75) is 55.2 Å². The summed E-state index contributed by atoms with van der Waals surface area (Å²) in [6, 6.07) is 10.4. The van der Waals surface area contributed by atoms with Crippen molar-refractivity contribution in [2.24, 2.45) is 5.92 Å². The number of benzene rings is 1. The van der Waals surface area contributed by atoms with Crippen LogP contribution in [-0.4, -0.2) is 39.5 Å². The van der Waals surface area contributed by atoms with Crippen LogP contribution in [0.5, 0.6) is 0 Å². The molecule has 28 heavy (non-hydrogen) atoms. The number of nitrogens with one attached hydrogen (secondary N) is 1. The largest absolute Gasteiger partial charge is 0.339 e. The van der Waals surface area contributed by atoms with Crippen LogP contribution in [-0.2, 0) is 15.3 Å². The van der Waals surface area contributed by atoms with E-state index < -0.39 is 0 Å². The summed E-state index contributed by atoms with van der Waals surface area (Å²) in [5, 5.41) is 12.5. The van der Waals surface area contributed by atoms with E-state index in [4.69, 9.17) is 0 Å². The zero-order valence-corrected chi connectivity index (χ0v) is 17.3. The SMILES string of the molecule is O=C(Nc1nnc(CSc2ccccc2)s1)C1CC(=O)N(C2CCCCC2)C1. The molecule has 1 unspecified atom stereocenters. The van der Waals surface area contributed by atoms with Crippen LogP contribution < -0.4 is 5.32 Å². The number of amides is 2. The molecule has 2 fully saturated rings. The molecule has 2 amide bonds. The highest BCUT2D eigenvalue weighted by molar-refractivity contribution is 7.98. The van der Waals surface area contributed by atoms with E-state index >= 15 is 0 Å². The van der Waals surface area contributed by atoms with Crippen molar-refractivity contribution in [3.05, 3.63) is 35.3 Å². The van der Waals surface area contributed by atoms with Gasteiger partial charge in [-0.2, -0.15) is 0 Å². The van der Waals surface area contributed by atoms with E-state index in [1.54, 1.807) is 11.8 Å². The molecule has 1 aliphatic carbocycles. The summed E-state index contributed by atoms with van der Waals surface area (Å²) in [6.07, 6.45) is 6.06. The van der Waals surface area contributed by atoms with Crippen molar-refractivity contribution in [1.82, 2.24) is 15.1 Å². The van der Waals surface area contributed by atoms with Crippen LogP contribution in [0.15, 0.2) is 35.2 Å². The van der Waals surface area contributed by atoms with Crippen molar-refractivity contribution in [1.29, 1.82) is 0 Å². The van der Waals surface area contributed by atoms with Crippen molar-refractivity contribution in [3.8, 4) is 0 Å². The second-order valence-electron chi connectivity index (χ2n) is 7.33. The minimum absolute atomic E-state index is 0.115. The Bertz CT molecular complexity index is 821. The summed E-state index contributed by atoms with van der Waals surface area (Å²) in [4.78, 5) is 28.1. The van der Waals surface area contributed by atoms with Crippen LogP contribution in [0.3, 0.4) is 0 Å². The monoisotopic (exact) mass is 416 g/mol. The van der Waals surface area contributed by atoms with Gasteiger partial charge in [0.15, 0.2) is 0 Å². The van der Waals surface area contributed by atoms with Crippen LogP contribution in [0, 0.1) is 5.92 Å². The molecule has 148 valence electrons. The number of thioether (sulfide) groups is 1. The number of rotatable bonds is 6. The Morgan fingerprint density at radius 1 is 1.18 bits per heavy atom. The molecule has 4 rings (SSSR count). The van der Waals surface area contributed by atoms with Gasteiger partial charge >= 0.3 is 0 Å². The van der Waals surface area contributed by atoms with E-state index in [0.717, 1.165) is 23.6 Å². The van der Waals surface area contributed by atoms with Crippen molar-refractivity contribution >= 4 is 40.0 Å². The first-order valence-electron chi connectivity index (χ1n) is 9.79. The van der Waals surface area contributed by atoms with Gasteiger partial charge in [-0.15, -0.1) is 22.0 Å². The van der Waals surface area contributed by atoms with Gasteiger partial charge in [0.2, 0.25) is 16.9 Å². The number of likely N-dealkylation sites (tertiary alicyclic amines) is 1. The van der Waals surface area contributed by atoms with Gasteiger partial charge in [0, 0.05) is 23.9 Å². The normalized spacial score (nSPS) is 20.5. The Labute approximate surface area is 173 Å². The van der Waals surface area contributed by atoms with Crippen LogP contribution in [0.2, 0.25) is 0 Å². The van der Waals surface area contributed by atoms with E-state index in [-0.39, 0.29) is 17.7 Å². The lowest BCUT2D eigenvalue weighted by molar-refractivity contribution is -0.130. The first-order valence-corrected chi connectivity index (χ1v) is 11.6. The molecule has 8 heteroatoms. The molecule has 1 aromatic heterocycles. The summed E-state index contributed by atoms with van der Waals surface area (Å²) in [7, 11) is 0. The molecule has 2 heterocycles. The van der Waals surface area contributed by atoms with Crippen LogP contribution in [0.1, 0.15) is 43.5 Å². The molecule has 1 atom stereocenters. The smallest absolute Gasteiger partial charge is 0.231 e. The predicted octanol–water partition coefficient (Wildman–Crippen LogP) is 3.95. The van der Waals surface area contributed by atoms with Gasteiger partial charge in [-0.25, -0.2) is 0 Å². The summed E-state index contributed by atoms with van der Waals surface area (Å²) >= 11 is 3.09. The fourth-order valence-electron chi connectivity index (χ4n) is 3.88. The number of nitrogens with zero attached hydrogens (tertiary/aromatic N) is 3. The summed E-state index contributed by atoms with van der Waals surface area (Å²) in [5.41, 5.74) is 0. The van der Waals surface area contributed by atoms with E-state index in [1.165, 1.54) is 35.5 Å². The maximum Gasteiger partial charge on any atom is 0.231 e. The van der Waals surface area contributed by atoms with Gasteiger partial charge in [0.25, 0.3) is 0 Å². The van der Waals surface area contributed by atoms with E-state index in [9.17, 15) is 9.59 Å². The maximum absolute atomic E-state index is 12.6. The maximum atomic E-state index is 12.6. The molecular formula is C20H24N4O2S2. The standard InChI is InChI=1S/C20H24N4O2S2/c25-18-11-14(12-24(18)15-7-3-1-4-8-15)19(26)21-20-23-22-17(28-20)13-27-16-9-5-2-6-10-16/h2,5-6,9-10,14-15H,1,3-4,7-8,11-13H2,(H,21,23,26). The molecule has 0 radical (unpaired) electrons. The second kappa shape index (κ2) is 9.05. The average molecular weight is 417 g/mol. The number of carbonyl (C=O) groups is 2. The number of carbonyl (C=O) groups excluding carboxylic acids is 2. The zero-order valence-electron chi connectivity index (χ0n) is 15.7. The van der Waals surface area contributed by atoms with Gasteiger partial charge in [-0.3, -0.25) is 9.59 Å². The average Bonchev–Trinajstić information content (AvgIpc) is 3.34. The molecule has 1 N–H and O–H groups in total. The Morgan fingerprint density at radius 3 is 2.75 bits per heavy atom. The molecule has 1 aromatic carbocycles. The molecule has 0 bridgehead atoms. The van der Waals surface area contributed by atoms with Gasteiger partial charge in [0.05, 0.1) is 11.7 Å². The highest BCUT2D eigenvalue weighted by atomic mass is 32.2. The van der Waals surface area contributed by atoms with E-state index in [0.29, 0.717) is 24.1 Å². The number of aromatic nitrogens is 2. The summed E-state index contributed by atoms with van der Waals surface area (Å²) in [6.45, 7) is 0.533. The Hall–Kier alpha value is -1.93. The topological polar surface area (TPSA) is 75.2 Å². The fraction of sp³-hybridized carbons (Fsp3) is 0.500. The third kappa shape index (κ3) is 4.72. The second-order valence-corrected chi connectivity index (χ2v) is 9.44. The minimum atomic E-state index is -0.291. The van der Waals surface area contributed by atoms with Gasteiger partial charge < -0.3 is 10.2 Å². The lowest BCUT2D eigenvalue weighted by Gasteiger charge is -2.31. The molecule has 2 aliphatic rings. The van der Waals surface area contributed by atoms with E-state index in [1.807, 2.05) is 23.1 Å². The highest BCUT2D eigenvalue weighted by Gasteiger charge is 2.38. The summed E-state index contributed by atoms with van der Waals surface area (Å²) < 4.78 is 0. The minimum Gasteiger partial charge on any atom is -0.339 e. The number of hydrogen-bond donors (Lipinski definition) is 1. The first-order chi connectivity index (χ1) is 13.7. The van der Waals surface area contributed by atoms with Crippen LogP contribution in [0.25, 0.3) is 0 Å². The molecule has 2 aromatic rings. The third-order valence-electron chi connectivity index (χ3n) is 5.35. The Kier molecular flexibility index (Phi) is 6.26. The van der Waals surface area contributed by atoms with Gasteiger partial charge in [-0.1, -0.05) is 48.8 Å². The van der Waals surface area contributed by atoms with Crippen molar-refractivity contribution in [3.63, 3.8) is 0 Å². The summed E-state index contributed by atoms with van der Waals surface area (Å²) in [5.74, 6) is 0.421. The zero-order chi connectivity index (χ0) is 19.3. The third-order valence-corrected chi connectivity index (χ3v) is 7.39. The molecular weight excluding hydrogens is 392 g/mol. The number of hydrogen-bond acceptors (Lipinski definition) is 6. The quantitative estimate of drug-likeness (QED) is 0.722. The molecule has 1 aliphatic heterocycles. The van der Waals surface area contributed by atoms with Crippen molar-refractivity contribution < 1.29 is 9.59 Å². The molecule has 1 saturated heterocycles. The molecule has 1 saturated carbocycles. The van der Waals surface area contributed by atoms with Crippen molar-refractivity contribution in [2.75, 3.05) is 11.9 Å². The highest BCUT2D eigenvalue weighted by Crippen LogP contribution is 2.30. The van der Waals surface area contributed by atoms with Gasteiger partial charge in [-0.05, 0) is 25.0 Å². The number of anilines is 1. The molecule has 0 spiro atoms. The van der Waals surface area contributed by atoms with Crippen LogP contribution >= 0.6 is 23.1 Å². The van der Waals surface area contributed by atoms with Crippen LogP contribution in [0.4, 0.5) is 5.13 Å².